The Balaban J connectivity index is 2.31. The van der Waals surface area contributed by atoms with Crippen LogP contribution < -0.4 is 9.46 Å². The van der Waals surface area contributed by atoms with Gasteiger partial charge in [-0.3, -0.25) is 4.72 Å². The molecule has 2 rings (SSSR count). The molecular weight excluding hydrogens is 285 g/mol. The maximum Gasteiger partial charge on any atom is 0.262 e. The average Bonchev–Trinajstić information content (AvgIpc) is 2.38. The number of sulfonamides is 1. The van der Waals surface area contributed by atoms with Crippen LogP contribution in [0.4, 0.5) is 10.1 Å². The molecule has 0 heterocycles. The SMILES string of the molecule is COc1ccc(NS(=O)(=O)c2cccc(O)c2)cc1F. The zero-order valence-corrected chi connectivity index (χ0v) is 11.3. The molecular formula is C13H12FNO4S. The van der Waals surface area contributed by atoms with Crippen LogP contribution >= 0.6 is 0 Å². The lowest BCUT2D eigenvalue weighted by atomic mass is 10.3. The molecule has 0 aliphatic carbocycles. The summed E-state index contributed by atoms with van der Waals surface area (Å²) in [5.41, 5.74) is 0.0617. The Morgan fingerprint density at radius 3 is 2.55 bits per heavy atom. The fraction of sp³-hybridized carbons (Fsp3) is 0.0769. The first-order valence-electron chi connectivity index (χ1n) is 5.58. The van der Waals surface area contributed by atoms with E-state index in [1.54, 1.807) is 0 Å². The van der Waals surface area contributed by atoms with Crippen molar-refractivity contribution in [2.24, 2.45) is 0 Å². The molecule has 7 heteroatoms. The third-order valence-corrected chi connectivity index (χ3v) is 3.91. The summed E-state index contributed by atoms with van der Waals surface area (Å²) < 4.78 is 44.5. The van der Waals surface area contributed by atoms with Crippen LogP contribution in [-0.4, -0.2) is 20.6 Å². The minimum Gasteiger partial charge on any atom is -0.508 e. The zero-order chi connectivity index (χ0) is 14.8. The molecule has 0 radical (unpaired) electrons. The van der Waals surface area contributed by atoms with Gasteiger partial charge in [0.05, 0.1) is 17.7 Å². The number of phenolic OH excluding ortho intramolecular Hbond substituents is 1. The van der Waals surface area contributed by atoms with E-state index < -0.39 is 15.8 Å². The molecule has 0 saturated heterocycles. The van der Waals surface area contributed by atoms with Crippen LogP contribution in [0.2, 0.25) is 0 Å². The summed E-state index contributed by atoms with van der Waals surface area (Å²) in [6, 6.07) is 8.88. The maximum atomic E-state index is 13.5. The van der Waals surface area contributed by atoms with Crippen LogP contribution in [0.1, 0.15) is 0 Å². The van der Waals surface area contributed by atoms with E-state index in [1.807, 2.05) is 0 Å². The monoisotopic (exact) mass is 297 g/mol. The second-order valence-electron chi connectivity index (χ2n) is 3.95. The van der Waals surface area contributed by atoms with Gasteiger partial charge in [-0.25, -0.2) is 12.8 Å². The molecule has 0 atom stereocenters. The van der Waals surface area contributed by atoms with Gasteiger partial charge in [0.25, 0.3) is 10.0 Å². The number of nitrogens with one attached hydrogen (secondary N) is 1. The molecule has 2 N–H and O–H groups in total. The molecule has 0 aromatic heterocycles. The molecule has 2 aromatic rings. The molecule has 0 spiro atoms. The topological polar surface area (TPSA) is 75.6 Å². The van der Waals surface area contributed by atoms with Crippen molar-refractivity contribution in [3.05, 3.63) is 48.3 Å². The van der Waals surface area contributed by atoms with E-state index >= 15 is 0 Å². The predicted octanol–water partition coefficient (Wildman–Crippen LogP) is 2.34. The Bertz CT molecular complexity index is 731. The van der Waals surface area contributed by atoms with Gasteiger partial charge in [-0.2, -0.15) is 0 Å². The number of aromatic hydroxyl groups is 1. The van der Waals surface area contributed by atoms with Crippen LogP contribution in [0.25, 0.3) is 0 Å². The second-order valence-corrected chi connectivity index (χ2v) is 5.63. The summed E-state index contributed by atoms with van der Waals surface area (Å²) in [4.78, 5) is -0.117. The van der Waals surface area contributed by atoms with E-state index in [9.17, 15) is 17.9 Å². The molecule has 2 aromatic carbocycles. The van der Waals surface area contributed by atoms with E-state index in [4.69, 9.17) is 4.74 Å². The maximum absolute atomic E-state index is 13.5. The van der Waals surface area contributed by atoms with Crippen molar-refractivity contribution in [1.82, 2.24) is 0 Å². The zero-order valence-electron chi connectivity index (χ0n) is 10.5. The highest BCUT2D eigenvalue weighted by atomic mass is 32.2. The molecule has 106 valence electrons. The number of anilines is 1. The molecule has 0 bridgehead atoms. The molecule has 0 aliphatic heterocycles. The summed E-state index contributed by atoms with van der Waals surface area (Å²) >= 11 is 0. The smallest absolute Gasteiger partial charge is 0.262 e. The molecule has 0 aliphatic rings. The molecule has 0 fully saturated rings. The largest absolute Gasteiger partial charge is 0.508 e. The van der Waals surface area contributed by atoms with E-state index in [-0.39, 0.29) is 22.1 Å². The van der Waals surface area contributed by atoms with Crippen LogP contribution in [-0.2, 0) is 10.0 Å². The van der Waals surface area contributed by atoms with Gasteiger partial charge in [0.2, 0.25) is 0 Å². The quantitative estimate of drug-likeness (QED) is 0.908. The number of hydrogen-bond acceptors (Lipinski definition) is 4. The fourth-order valence-corrected chi connectivity index (χ4v) is 2.68. The van der Waals surface area contributed by atoms with Crippen molar-refractivity contribution in [3.63, 3.8) is 0 Å². The Hall–Kier alpha value is -2.28. The summed E-state index contributed by atoms with van der Waals surface area (Å²) in [6.07, 6.45) is 0. The van der Waals surface area contributed by atoms with Crippen molar-refractivity contribution in [2.75, 3.05) is 11.8 Å². The van der Waals surface area contributed by atoms with E-state index in [0.717, 1.165) is 12.1 Å². The molecule has 0 unspecified atom stereocenters. The summed E-state index contributed by atoms with van der Waals surface area (Å²) in [5.74, 6) is -0.831. The van der Waals surface area contributed by atoms with Crippen LogP contribution in [0.15, 0.2) is 47.4 Å². The van der Waals surface area contributed by atoms with Gasteiger partial charge in [-0.15, -0.1) is 0 Å². The molecule has 0 amide bonds. The van der Waals surface area contributed by atoms with E-state index in [0.29, 0.717) is 0 Å². The highest BCUT2D eigenvalue weighted by Gasteiger charge is 2.15. The number of halogens is 1. The van der Waals surface area contributed by atoms with Gasteiger partial charge in [0, 0.05) is 12.1 Å². The first-order chi connectivity index (χ1) is 9.42. The normalized spacial score (nSPS) is 11.1. The lowest BCUT2D eigenvalue weighted by molar-refractivity contribution is 0.386. The summed E-state index contributed by atoms with van der Waals surface area (Å²) in [7, 11) is -2.58. The molecule has 0 saturated carbocycles. The van der Waals surface area contributed by atoms with E-state index in [2.05, 4.69) is 4.72 Å². The number of phenols is 1. The lowest BCUT2D eigenvalue weighted by Gasteiger charge is -2.09. The Kier molecular flexibility index (Phi) is 3.80. The Labute approximate surface area is 115 Å². The van der Waals surface area contributed by atoms with Crippen molar-refractivity contribution in [3.8, 4) is 11.5 Å². The van der Waals surface area contributed by atoms with Gasteiger partial charge >= 0.3 is 0 Å². The Morgan fingerprint density at radius 1 is 1.20 bits per heavy atom. The van der Waals surface area contributed by atoms with Crippen molar-refractivity contribution >= 4 is 15.7 Å². The minimum atomic E-state index is -3.89. The summed E-state index contributed by atoms with van der Waals surface area (Å²) in [5, 5.41) is 9.29. The number of ether oxygens (including phenoxy) is 1. The highest BCUT2D eigenvalue weighted by Crippen LogP contribution is 2.24. The predicted molar refractivity (Wildman–Crippen MR) is 71.9 cm³/mol. The third-order valence-electron chi connectivity index (χ3n) is 2.53. The van der Waals surface area contributed by atoms with Crippen molar-refractivity contribution in [2.45, 2.75) is 4.90 Å². The lowest BCUT2D eigenvalue weighted by Crippen LogP contribution is -2.13. The third kappa shape index (κ3) is 3.00. The standard InChI is InChI=1S/C13H12FNO4S/c1-19-13-6-5-9(7-12(13)14)15-20(17,18)11-4-2-3-10(16)8-11/h2-8,15-16H,1H3. The molecule has 20 heavy (non-hydrogen) atoms. The number of rotatable bonds is 4. The number of hydrogen-bond donors (Lipinski definition) is 2. The van der Waals surface area contributed by atoms with Gasteiger partial charge in [-0.05, 0) is 24.3 Å². The average molecular weight is 297 g/mol. The van der Waals surface area contributed by atoms with Crippen LogP contribution in [0.3, 0.4) is 0 Å². The second kappa shape index (κ2) is 5.38. The number of methoxy groups -OCH3 is 1. The van der Waals surface area contributed by atoms with Crippen LogP contribution in [0.5, 0.6) is 11.5 Å². The van der Waals surface area contributed by atoms with Crippen molar-refractivity contribution < 1.29 is 22.7 Å². The minimum absolute atomic E-state index is 0.0188. The number of benzene rings is 2. The molecule has 5 nitrogen and oxygen atoms in total. The first-order valence-corrected chi connectivity index (χ1v) is 7.06. The summed E-state index contributed by atoms with van der Waals surface area (Å²) in [6.45, 7) is 0. The van der Waals surface area contributed by atoms with Gasteiger partial charge < -0.3 is 9.84 Å². The van der Waals surface area contributed by atoms with Crippen molar-refractivity contribution in [1.29, 1.82) is 0 Å². The van der Waals surface area contributed by atoms with Gasteiger partial charge in [-0.1, -0.05) is 6.07 Å². The van der Waals surface area contributed by atoms with E-state index in [1.165, 1.54) is 37.4 Å². The fourth-order valence-electron chi connectivity index (χ4n) is 1.59. The Morgan fingerprint density at radius 2 is 1.95 bits per heavy atom. The van der Waals surface area contributed by atoms with Gasteiger partial charge in [0.1, 0.15) is 5.75 Å². The van der Waals surface area contributed by atoms with Crippen LogP contribution in [0, 0.1) is 5.82 Å². The first kappa shape index (κ1) is 14.1. The van der Waals surface area contributed by atoms with Gasteiger partial charge in [0.15, 0.2) is 11.6 Å². The highest BCUT2D eigenvalue weighted by molar-refractivity contribution is 7.92.